The molecule has 0 unspecified atom stereocenters. The first-order chi connectivity index (χ1) is 14.6. The maximum Gasteiger partial charge on any atom is 0.191 e. The normalized spacial score (nSPS) is 11.1. The van der Waals surface area contributed by atoms with E-state index >= 15 is 0 Å². The first kappa shape index (κ1) is 23.2. The van der Waals surface area contributed by atoms with E-state index in [1.807, 2.05) is 26.0 Å². The molecule has 0 aliphatic carbocycles. The minimum Gasteiger partial charge on any atom is -0.496 e. The van der Waals surface area contributed by atoms with E-state index < -0.39 is 0 Å². The topological polar surface area (TPSA) is 73.3 Å². The van der Waals surface area contributed by atoms with E-state index in [1.54, 1.807) is 28.4 Å². The van der Waals surface area contributed by atoms with Gasteiger partial charge in [-0.15, -0.1) is 0 Å². The molecule has 0 aliphatic rings. The number of methoxy groups -OCH3 is 4. The first-order valence-electron chi connectivity index (χ1n) is 10.0. The zero-order valence-corrected chi connectivity index (χ0v) is 18.8. The summed E-state index contributed by atoms with van der Waals surface area (Å²) in [7, 11) is 6.55. The lowest BCUT2D eigenvalue weighted by Crippen LogP contribution is -2.38. The SMILES string of the molecule is CCNC(=NCc1cc(OC)c(OC)cc1OC)NCCc1ccc(C)c(OC)c1. The first-order valence-corrected chi connectivity index (χ1v) is 10.0. The number of hydrogen-bond acceptors (Lipinski definition) is 5. The van der Waals surface area contributed by atoms with Crippen LogP contribution in [0.5, 0.6) is 23.0 Å². The predicted molar refractivity (Wildman–Crippen MR) is 120 cm³/mol. The number of rotatable bonds is 10. The van der Waals surface area contributed by atoms with Gasteiger partial charge in [-0.2, -0.15) is 0 Å². The van der Waals surface area contributed by atoms with E-state index in [9.17, 15) is 0 Å². The Kier molecular flexibility index (Phi) is 9.12. The van der Waals surface area contributed by atoms with Crippen molar-refractivity contribution in [3.8, 4) is 23.0 Å². The molecular weight excluding hydrogens is 382 g/mol. The van der Waals surface area contributed by atoms with Crippen molar-refractivity contribution in [2.75, 3.05) is 41.5 Å². The van der Waals surface area contributed by atoms with Gasteiger partial charge in [-0.3, -0.25) is 0 Å². The van der Waals surface area contributed by atoms with Gasteiger partial charge in [0.25, 0.3) is 0 Å². The van der Waals surface area contributed by atoms with Crippen LogP contribution in [-0.2, 0) is 13.0 Å². The molecule has 0 radical (unpaired) electrons. The van der Waals surface area contributed by atoms with Crippen molar-refractivity contribution in [3.63, 3.8) is 0 Å². The van der Waals surface area contributed by atoms with Gasteiger partial charge in [0.2, 0.25) is 0 Å². The van der Waals surface area contributed by atoms with E-state index in [0.29, 0.717) is 23.8 Å². The molecule has 2 aromatic carbocycles. The fourth-order valence-corrected chi connectivity index (χ4v) is 3.07. The number of aliphatic imine (C=N–C) groups is 1. The van der Waals surface area contributed by atoms with Crippen LogP contribution in [-0.4, -0.2) is 47.5 Å². The van der Waals surface area contributed by atoms with Crippen LogP contribution in [0, 0.1) is 6.92 Å². The van der Waals surface area contributed by atoms with Crippen LogP contribution in [0.2, 0.25) is 0 Å². The standard InChI is InChI=1S/C23H33N3O4/c1-7-24-23(25-11-10-17-9-8-16(2)19(12-17)27-3)26-15-18-13-21(29-5)22(30-6)14-20(18)28-4/h8-9,12-14H,7,10-11,15H2,1-6H3,(H2,24,25,26). The van der Waals surface area contributed by atoms with Crippen molar-refractivity contribution in [2.24, 2.45) is 4.99 Å². The molecule has 7 heteroatoms. The summed E-state index contributed by atoms with van der Waals surface area (Å²) in [5.41, 5.74) is 3.26. The van der Waals surface area contributed by atoms with E-state index in [1.165, 1.54) is 5.56 Å². The van der Waals surface area contributed by atoms with Crippen molar-refractivity contribution in [1.82, 2.24) is 10.6 Å². The average molecular weight is 416 g/mol. The monoisotopic (exact) mass is 415 g/mol. The van der Waals surface area contributed by atoms with Crippen LogP contribution < -0.4 is 29.6 Å². The molecule has 2 rings (SSSR count). The Balaban J connectivity index is 2.07. The Morgan fingerprint density at radius 2 is 1.50 bits per heavy atom. The molecule has 2 aromatic rings. The molecular formula is C23H33N3O4. The van der Waals surface area contributed by atoms with Crippen molar-refractivity contribution in [2.45, 2.75) is 26.8 Å². The van der Waals surface area contributed by atoms with E-state index in [0.717, 1.165) is 42.3 Å². The van der Waals surface area contributed by atoms with Crippen LogP contribution in [0.3, 0.4) is 0 Å². The predicted octanol–water partition coefficient (Wildman–Crippen LogP) is 3.33. The number of nitrogens with zero attached hydrogens (tertiary/aromatic N) is 1. The molecule has 0 bridgehead atoms. The highest BCUT2D eigenvalue weighted by Gasteiger charge is 2.12. The quantitative estimate of drug-likeness (QED) is 0.458. The van der Waals surface area contributed by atoms with Gasteiger partial charge in [0.15, 0.2) is 17.5 Å². The zero-order chi connectivity index (χ0) is 21.9. The number of benzene rings is 2. The minimum absolute atomic E-state index is 0.442. The second-order valence-corrected chi connectivity index (χ2v) is 6.69. The highest BCUT2D eigenvalue weighted by atomic mass is 16.5. The molecule has 0 fully saturated rings. The number of hydrogen-bond donors (Lipinski definition) is 2. The second-order valence-electron chi connectivity index (χ2n) is 6.69. The van der Waals surface area contributed by atoms with Gasteiger partial charge >= 0.3 is 0 Å². The minimum atomic E-state index is 0.442. The highest BCUT2D eigenvalue weighted by molar-refractivity contribution is 5.79. The number of nitrogens with one attached hydrogen (secondary N) is 2. The molecule has 0 heterocycles. The summed E-state index contributed by atoms with van der Waals surface area (Å²) in [5.74, 6) is 3.64. The number of guanidine groups is 1. The summed E-state index contributed by atoms with van der Waals surface area (Å²) in [5, 5.41) is 6.66. The highest BCUT2D eigenvalue weighted by Crippen LogP contribution is 2.34. The molecule has 30 heavy (non-hydrogen) atoms. The summed E-state index contributed by atoms with van der Waals surface area (Å²) in [6, 6.07) is 9.99. The van der Waals surface area contributed by atoms with Crippen LogP contribution in [0.15, 0.2) is 35.3 Å². The average Bonchev–Trinajstić information content (AvgIpc) is 2.77. The van der Waals surface area contributed by atoms with Crippen molar-refractivity contribution < 1.29 is 18.9 Å². The molecule has 0 aliphatic heterocycles. The lowest BCUT2D eigenvalue weighted by molar-refractivity contribution is 0.347. The van der Waals surface area contributed by atoms with Gasteiger partial charge in [0, 0.05) is 24.7 Å². The summed E-state index contributed by atoms with van der Waals surface area (Å²) < 4.78 is 21.6. The second kappa shape index (κ2) is 11.8. The molecule has 0 atom stereocenters. The Morgan fingerprint density at radius 3 is 2.13 bits per heavy atom. The third-order valence-corrected chi connectivity index (χ3v) is 4.72. The van der Waals surface area contributed by atoms with E-state index in [2.05, 4.69) is 28.8 Å². The lowest BCUT2D eigenvalue weighted by atomic mass is 10.1. The van der Waals surface area contributed by atoms with Crippen LogP contribution in [0.1, 0.15) is 23.6 Å². The Labute approximate surface area is 179 Å². The lowest BCUT2D eigenvalue weighted by Gasteiger charge is -2.15. The van der Waals surface area contributed by atoms with Gasteiger partial charge < -0.3 is 29.6 Å². The fourth-order valence-electron chi connectivity index (χ4n) is 3.07. The summed E-state index contributed by atoms with van der Waals surface area (Å²) in [6.07, 6.45) is 0.862. The zero-order valence-electron chi connectivity index (χ0n) is 18.8. The number of aryl methyl sites for hydroxylation is 1. The Morgan fingerprint density at radius 1 is 0.833 bits per heavy atom. The van der Waals surface area contributed by atoms with Gasteiger partial charge in [0.05, 0.1) is 35.0 Å². The van der Waals surface area contributed by atoms with Gasteiger partial charge in [-0.05, 0) is 43.5 Å². The molecule has 7 nitrogen and oxygen atoms in total. The largest absolute Gasteiger partial charge is 0.496 e. The van der Waals surface area contributed by atoms with Crippen LogP contribution in [0.4, 0.5) is 0 Å². The maximum atomic E-state index is 5.49. The van der Waals surface area contributed by atoms with Gasteiger partial charge in [-0.25, -0.2) is 4.99 Å². The molecule has 164 valence electrons. The third-order valence-electron chi connectivity index (χ3n) is 4.72. The van der Waals surface area contributed by atoms with Crippen molar-refractivity contribution in [3.05, 3.63) is 47.0 Å². The van der Waals surface area contributed by atoms with E-state index in [4.69, 9.17) is 23.9 Å². The third kappa shape index (κ3) is 6.20. The summed E-state index contributed by atoms with van der Waals surface area (Å²) >= 11 is 0. The molecule has 0 aromatic heterocycles. The Hall–Kier alpha value is -3.09. The molecule has 0 spiro atoms. The van der Waals surface area contributed by atoms with Gasteiger partial charge in [0.1, 0.15) is 11.5 Å². The summed E-state index contributed by atoms with van der Waals surface area (Å²) in [6.45, 7) is 6.05. The van der Waals surface area contributed by atoms with Crippen molar-refractivity contribution in [1.29, 1.82) is 0 Å². The molecule has 0 amide bonds. The van der Waals surface area contributed by atoms with Crippen LogP contribution in [0.25, 0.3) is 0 Å². The summed E-state index contributed by atoms with van der Waals surface area (Å²) in [4.78, 5) is 4.70. The molecule has 0 saturated heterocycles. The fraction of sp³-hybridized carbons (Fsp3) is 0.435. The molecule has 0 saturated carbocycles. The van der Waals surface area contributed by atoms with Gasteiger partial charge in [-0.1, -0.05) is 12.1 Å². The maximum absolute atomic E-state index is 5.49. The van der Waals surface area contributed by atoms with Crippen LogP contribution >= 0.6 is 0 Å². The number of ether oxygens (including phenoxy) is 4. The smallest absolute Gasteiger partial charge is 0.191 e. The molecule has 2 N–H and O–H groups in total. The van der Waals surface area contributed by atoms with E-state index in [-0.39, 0.29) is 0 Å². The Bertz CT molecular complexity index is 853. The van der Waals surface area contributed by atoms with Crippen molar-refractivity contribution >= 4 is 5.96 Å².